The monoisotopic (exact) mass is 322 g/mol. The lowest BCUT2D eigenvalue weighted by atomic mass is 10.1. The lowest BCUT2D eigenvalue weighted by molar-refractivity contribution is -0.119. The summed E-state index contributed by atoms with van der Waals surface area (Å²) in [7, 11) is -3.64. The van der Waals surface area contributed by atoms with E-state index in [1.807, 2.05) is 0 Å². The van der Waals surface area contributed by atoms with E-state index < -0.39 is 21.8 Å². The summed E-state index contributed by atoms with van der Waals surface area (Å²) in [6.45, 7) is 3.04. The molecule has 3 rings (SSSR count). The largest absolute Gasteiger partial charge is 0.339 e. The van der Waals surface area contributed by atoms with Crippen LogP contribution in [0.5, 0.6) is 0 Å². The molecule has 118 valence electrons. The Hall–Kier alpha value is -1.89. The number of nitrogens with zero attached hydrogens (tertiary/aromatic N) is 2. The van der Waals surface area contributed by atoms with Crippen LogP contribution >= 0.6 is 0 Å². The Labute approximate surface area is 129 Å². The molecule has 1 aromatic carbocycles. The van der Waals surface area contributed by atoms with Crippen molar-refractivity contribution in [3.05, 3.63) is 29.8 Å². The molecule has 7 heteroatoms. The zero-order valence-electron chi connectivity index (χ0n) is 12.4. The van der Waals surface area contributed by atoms with Gasteiger partial charge in [0.2, 0.25) is 15.9 Å². The van der Waals surface area contributed by atoms with E-state index in [2.05, 4.69) is 0 Å². The highest BCUT2D eigenvalue weighted by Gasteiger charge is 2.42. The minimum absolute atomic E-state index is 0.114. The number of hydrogen-bond acceptors (Lipinski definition) is 4. The summed E-state index contributed by atoms with van der Waals surface area (Å²) in [5, 5.41) is 0. The number of likely N-dealkylation sites (tertiary alicyclic amines) is 1. The van der Waals surface area contributed by atoms with Crippen molar-refractivity contribution in [2.45, 2.75) is 19.8 Å². The third-order valence-electron chi connectivity index (χ3n) is 4.08. The van der Waals surface area contributed by atoms with E-state index in [-0.39, 0.29) is 17.3 Å². The molecule has 2 amide bonds. The molecule has 0 saturated carbocycles. The Balaban J connectivity index is 1.94. The lowest BCUT2D eigenvalue weighted by Crippen LogP contribution is -2.31. The van der Waals surface area contributed by atoms with Gasteiger partial charge in [-0.2, -0.15) is 0 Å². The van der Waals surface area contributed by atoms with E-state index >= 15 is 0 Å². The number of benzene rings is 1. The fourth-order valence-corrected chi connectivity index (χ4v) is 4.77. The quantitative estimate of drug-likeness (QED) is 0.821. The molecule has 1 atom stereocenters. The molecule has 2 saturated heterocycles. The molecule has 0 bridgehead atoms. The van der Waals surface area contributed by atoms with Crippen molar-refractivity contribution >= 4 is 27.5 Å². The van der Waals surface area contributed by atoms with Gasteiger partial charge in [-0.25, -0.2) is 12.7 Å². The second kappa shape index (κ2) is 5.39. The zero-order valence-corrected chi connectivity index (χ0v) is 13.2. The molecule has 0 aromatic heterocycles. The van der Waals surface area contributed by atoms with Gasteiger partial charge >= 0.3 is 0 Å². The molecule has 2 aliphatic heterocycles. The van der Waals surface area contributed by atoms with E-state index in [1.165, 1.54) is 6.07 Å². The van der Waals surface area contributed by atoms with Crippen LogP contribution in [0.4, 0.5) is 5.69 Å². The molecule has 0 radical (unpaired) electrons. The molecule has 0 spiro atoms. The number of carbonyl (C=O) groups excluding carboxylic acids is 2. The van der Waals surface area contributed by atoms with E-state index in [9.17, 15) is 18.0 Å². The summed E-state index contributed by atoms with van der Waals surface area (Å²) in [6.07, 6.45) is 1.98. The van der Waals surface area contributed by atoms with Gasteiger partial charge in [-0.3, -0.25) is 9.59 Å². The second-order valence-electron chi connectivity index (χ2n) is 5.83. The zero-order chi connectivity index (χ0) is 15.9. The molecule has 0 N–H and O–H groups in total. The van der Waals surface area contributed by atoms with Crippen molar-refractivity contribution < 1.29 is 18.0 Å². The van der Waals surface area contributed by atoms with Crippen molar-refractivity contribution in [3.8, 4) is 0 Å². The summed E-state index contributed by atoms with van der Waals surface area (Å²) in [6, 6.07) is 6.31. The number of hydrogen-bond donors (Lipinski definition) is 0. The standard InChI is InChI=1S/C15H18N2O4S/c1-11-10-22(20,21)17(14(11)18)13-6-4-5-12(9-13)15(19)16-7-2-3-8-16/h4-6,9,11H,2-3,7-8,10H2,1H3/t11-/m0/s1. The maximum absolute atomic E-state index is 12.4. The summed E-state index contributed by atoms with van der Waals surface area (Å²) >= 11 is 0. The smallest absolute Gasteiger partial charge is 0.253 e. The van der Waals surface area contributed by atoms with Crippen LogP contribution in [0, 0.1) is 5.92 Å². The highest BCUT2D eigenvalue weighted by atomic mass is 32.2. The summed E-state index contributed by atoms with van der Waals surface area (Å²) in [4.78, 5) is 26.3. The van der Waals surface area contributed by atoms with Crippen molar-refractivity contribution in [1.82, 2.24) is 4.90 Å². The topological polar surface area (TPSA) is 74.8 Å². The summed E-state index contributed by atoms with van der Waals surface area (Å²) < 4.78 is 25.1. The molecule has 6 nitrogen and oxygen atoms in total. The Morgan fingerprint density at radius 1 is 1.23 bits per heavy atom. The Bertz CT molecular complexity index is 723. The summed E-state index contributed by atoms with van der Waals surface area (Å²) in [5.74, 6) is -1.29. The Morgan fingerprint density at radius 2 is 1.91 bits per heavy atom. The van der Waals surface area contributed by atoms with Gasteiger partial charge in [0.05, 0.1) is 17.4 Å². The first-order chi connectivity index (χ1) is 10.4. The van der Waals surface area contributed by atoms with Gasteiger partial charge in [-0.05, 0) is 31.0 Å². The minimum atomic E-state index is -3.64. The normalized spacial score (nSPS) is 24.0. The predicted octanol–water partition coefficient (Wildman–Crippen LogP) is 1.24. The Morgan fingerprint density at radius 3 is 2.50 bits per heavy atom. The lowest BCUT2D eigenvalue weighted by Gasteiger charge is -2.18. The SMILES string of the molecule is C[C@H]1CS(=O)(=O)N(c2cccc(C(=O)N3CCCC3)c2)C1=O. The van der Waals surface area contributed by atoms with Crippen molar-refractivity contribution in [3.63, 3.8) is 0 Å². The average Bonchev–Trinajstić information content (AvgIpc) is 3.06. The van der Waals surface area contributed by atoms with Crippen LogP contribution in [-0.2, 0) is 14.8 Å². The number of carbonyl (C=O) groups is 2. The fraction of sp³-hybridized carbons (Fsp3) is 0.467. The van der Waals surface area contributed by atoms with Gasteiger partial charge in [0.25, 0.3) is 5.91 Å². The van der Waals surface area contributed by atoms with E-state index in [1.54, 1.807) is 30.0 Å². The molecular formula is C15H18N2O4S. The van der Waals surface area contributed by atoms with Crippen LogP contribution < -0.4 is 4.31 Å². The van der Waals surface area contributed by atoms with Crippen molar-refractivity contribution in [2.24, 2.45) is 5.92 Å². The van der Waals surface area contributed by atoms with Crippen LogP contribution in [0.25, 0.3) is 0 Å². The van der Waals surface area contributed by atoms with Gasteiger partial charge in [0, 0.05) is 18.7 Å². The molecule has 2 heterocycles. The van der Waals surface area contributed by atoms with Crippen molar-refractivity contribution in [1.29, 1.82) is 0 Å². The molecule has 1 aromatic rings. The number of amides is 2. The van der Waals surface area contributed by atoms with Gasteiger partial charge < -0.3 is 4.90 Å². The highest BCUT2D eigenvalue weighted by molar-refractivity contribution is 7.94. The maximum Gasteiger partial charge on any atom is 0.253 e. The first-order valence-electron chi connectivity index (χ1n) is 7.36. The molecule has 2 aliphatic rings. The minimum Gasteiger partial charge on any atom is -0.339 e. The van der Waals surface area contributed by atoms with E-state index in [4.69, 9.17) is 0 Å². The van der Waals surface area contributed by atoms with Gasteiger partial charge in [-0.15, -0.1) is 0 Å². The average molecular weight is 322 g/mol. The first kappa shape index (κ1) is 15.0. The van der Waals surface area contributed by atoms with Crippen LogP contribution in [0.2, 0.25) is 0 Å². The molecular weight excluding hydrogens is 304 g/mol. The molecule has 2 fully saturated rings. The summed E-state index contributed by atoms with van der Waals surface area (Å²) in [5.41, 5.74) is 0.668. The van der Waals surface area contributed by atoms with Gasteiger partial charge in [0.1, 0.15) is 0 Å². The van der Waals surface area contributed by atoms with Gasteiger partial charge in [-0.1, -0.05) is 13.0 Å². The van der Waals surface area contributed by atoms with E-state index in [0.29, 0.717) is 5.56 Å². The van der Waals surface area contributed by atoms with Gasteiger partial charge in [0.15, 0.2) is 0 Å². The first-order valence-corrected chi connectivity index (χ1v) is 8.97. The molecule has 0 unspecified atom stereocenters. The van der Waals surface area contributed by atoms with Crippen LogP contribution in [-0.4, -0.2) is 44.0 Å². The van der Waals surface area contributed by atoms with E-state index in [0.717, 1.165) is 30.2 Å². The molecule has 0 aliphatic carbocycles. The van der Waals surface area contributed by atoms with Crippen LogP contribution in [0.15, 0.2) is 24.3 Å². The molecule has 22 heavy (non-hydrogen) atoms. The fourth-order valence-electron chi connectivity index (χ4n) is 2.95. The third-order valence-corrected chi connectivity index (χ3v) is 5.95. The highest BCUT2D eigenvalue weighted by Crippen LogP contribution is 2.29. The second-order valence-corrected chi connectivity index (χ2v) is 7.69. The maximum atomic E-state index is 12.4. The van der Waals surface area contributed by atoms with Crippen molar-refractivity contribution in [2.75, 3.05) is 23.1 Å². The third kappa shape index (κ3) is 2.49. The number of anilines is 1. The van der Waals surface area contributed by atoms with Crippen LogP contribution in [0.3, 0.4) is 0 Å². The Kier molecular flexibility index (Phi) is 3.68. The predicted molar refractivity (Wildman–Crippen MR) is 82.0 cm³/mol. The number of sulfonamides is 1. The number of rotatable bonds is 2. The van der Waals surface area contributed by atoms with Crippen LogP contribution in [0.1, 0.15) is 30.1 Å².